The average molecular weight is 465 g/mol. The topological polar surface area (TPSA) is 110 Å². The summed E-state index contributed by atoms with van der Waals surface area (Å²) in [5.41, 5.74) is 3.97. The molecular weight excluding hydrogens is 440 g/mol. The molecule has 0 saturated heterocycles. The fraction of sp³-hybridized carbons (Fsp3) is 0.154. The summed E-state index contributed by atoms with van der Waals surface area (Å²) in [6, 6.07) is 16.8. The predicted octanol–water partition coefficient (Wildman–Crippen LogP) is 4.21. The average Bonchev–Trinajstić information content (AvgIpc) is 3.33. The van der Waals surface area contributed by atoms with Crippen molar-refractivity contribution in [3.63, 3.8) is 0 Å². The minimum Gasteiger partial charge on any atom is -0.348 e. The molecule has 9 heteroatoms. The Balaban J connectivity index is 1.42. The van der Waals surface area contributed by atoms with Gasteiger partial charge in [-0.25, -0.2) is 4.98 Å². The van der Waals surface area contributed by atoms with Gasteiger partial charge in [0.25, 0.3) is 11.7 Å². The van der Waals surface area contributed by atoms with Crippen molar-refractivity contribution in [2.24, 2.45) is 0 Å². The number of aryl methyl sites for hydroxylation is 1. The second kappa shape index (κ2) is 10.1. The minimum absolute atomic E-state index is 0.163. The predicted molar refractivity (Wildman–Crippen MR) is 133 cm³/mol. The van der Waals surface area contributed by atoms with Gasteiger partial charge in [0, 0.05) is 59.9 Å². The van der Waals surface area contributed by atoms with Crippen molar-refractivity contribution in [1.82, 2.24) is 34.9 Å². The van der Waals surface area contributed by atoms with Crippen molar-refractivity contribution in [2.75, 3.05) is 5.32 Å². The smallest absolute Gasteiger partial charge is 0.254 e. The van der Waals surface area contributed by atoms with Gasteiger partial charge in [-0.2, -0.15) is 9.50 Å². The van der Waals surface area contributed by atoms with E-state index in [0.29, 0.717) is 29.5 Å². The molecule has 0 aliphatic carbocycles. The zero-order chi connectivity index (χ0) is 24.0. The SMILES string of the molecule is CCCc1cc(Nc2cccc(C(=O)NCc3cccnc3)c2)n2nc(-c3cccnc3)nc2n1. The van der Waals surface area contributed by atoms with Crippen LogP contribution in [0.15, 0.2) is 79.4 Å². The lowest BCUT2D eigenvalue weighted by Crippen LogP contribution is -2.22. The zero-order valence-electron chi connectivity index (χ0n) is 19.2. The third kappa shape index (κ3) is 5.14. The second-order valence-electron chi connectivity index (χ2n) is 8.02. The summed E-state index contributed by atoms with van der Waals surface area (Å²) in [6.07, 6.45) is 8.65. The van der Waals surface area contributed by atoms with Gasteiger partial charge in [-0.3, -0.25) is 14.8 Å². The molecule has 35 heavy (non-hydrogen) atoms. The lowest BCUT2D eigenvalue weighted by Gasteiger charge is -2.11. The molecule has 0 bridgehead atoms. The highest BCUT2D eigenvalue weighted by Gasteiger charge is 2.14. The van der Waals surface area contributed by atoms with Crippen molar-refractivity contribution in [2.45, 2.75) is 26.3 Å². The van der Waals surface area contributed by atoms with Gasteiger partial charge in [-0.05, 0) is 48.4 Å². The molecule has 0 atom stereocenters. The van der Waals surface area contributed by atoms with Crippen molar-refractivity contribution >= 4 is 23.2 Å². The molecule has 4 heterocycles. The van der Waals surface area contributed by atoms with Gasteiger partial charge in [-0.1, -0.05) is 25.5 Å². The van der Waals surface area contributed by atoms with Crippen LogP contribution in [-0.4, -0.2) is 35.5 Å². The monoisotopic (exact) mass is 464 g/mol. The fourth-order valence-electron chi connectivity index (χ4n) is 3.68. The molecule has 5 rings (SSSR count). The Labute approximate surface area is 202 Å². The Hall–Kier alpha value is -4.66. The van der Waals surface area contributed by atoms with Crippen LogP contribution >= 0.6 is 0 Å². The van der Waals surface area contributed by atoms with Gasteiger partial charge in [0.2, 0.25) is 0 Å². The van der Waals surface area contributed by atoms with Gasteiger partial charge in [0.1, 0.15) is 5.82 Å². The molecule has 9 nitrogen and oxygen atoms in total. The van der Waals surface area contributed by atoms with Crippen LogP contribution in [0.5, 0.6) is 0 Å². The summed E-state index contributed by atoms with van der Waals surface area (Å²) in [5, 5.41) is 11.0. The Bertz CT molecular complexity index is 1450. The van der Waals surface area contributed by atoms with Gasteiger partial charge in [0.05, 0.1) is 0 Å². The lowest BCUT2D eigenvalue weighted by molar-refractivity contribution is 0.0951. The summed E-state index contributed by atoms with van der Waals surface area (Å²) >= 11 is 0. The van der Waals surface area contributed by atoms with E-state index in [-0.39, 0.29) is 5.91 Å². The maximum Gasteiger partial charge on any atom is 0.254 e. The Morgan fingerprint density at radius 1 is 0.971 bits per heavy atom. The summed E-state index contributed by atoms with van der Waals surface area (Å²) < 4.78 is 1.68. The first-order valence-corrected chi connectivity index (χ1v) is 11.4. The molecule has 4 aromatic heterocycles. The maximum absolute atomic E-state index is 12.7. The van der Waals surface area contributed by atoms with Crippen molar-refractivity contribution in [3.05, 3.63) is 96.2 Å². The molecule has 1 amide bonds. The molecular formula is C26H24N8O. The Morgan fingerprint density at radius 3 is 2.60 bits per heavy atom. The van der Waals surface area contributed by atoms with Crippen molar-refractivity contribution in [1.29, 1.82) is 0 Å². The molecule has 1 aromatic carbocycles. The number of pyridine rings is 2. The van der Waals surface area contributed by atoms with Crippen LogP contribution in [-0.2, 0) is 13.0 Å². The van der Waals surface area contributed by atoms with Crippen LogP contribution < -0.4 is 10.6 Å². The summed E-state index contributed by atoms with van der Waals surface area (Å²) in [7, 11) is 0. The normalized spacial score (nSPS) is 10.9. The van der Waals surface area contributed by atoms with Crippen LogP contribution in [0.2, 0.25) is 0 Å². The molecule has 5 aromatic rings. The summed E-state index contributed by atoms with van der Waals surface area (Å²) in [5.74, 6) is 1.60. The van der Waals surface area contributed by atoms with E-state index in [1.807, 2.05) is 48.5 Å². The molecule has 0 saturated carbocycles. The largest absolute Gasteiger partial charge is 0.348 e. The van der Waals surface area contributed by atoms with Gasteiger partial charge in [-0.15, -0.1) is 5.10 Å². The highest BCUT2D eigenvalue weighted by atomic mass is 16.1. The first-order chi connectivity index (χ1) is 17.2. The van der Waals surface area contributed by atoms with E-state index >= 15 is 0 Å². The lowest BCUT2D eigenvalue weighted by atomic mass is 10.1. The number of rotatable bonds is 8. The van der Waals surface area contributed by atoms with Crippen molar-refractivity contribution in [3.8, 4) is 11.4 Å². The van der Waals surface area contributed by atoms with Crippen LogP contribution in [0.4, 0.5) is 11.5 Å². The molecule has 0 radical (unpaired) electrons. The molecule has 0 aliphatic heterocycles. The number of hydrogen-bond donors (Lipinski definition) is 2. The number of carbonyl (C=O) groups excluding carboxylic acids is 1. The number of fused-ring (bicyclic) bond motifs is 1. The number of nitrogens with one attached hydrogen (secondary N) is 2. The van der Waals surface area contributed by atoms with Crippen LogP contribution in [0.25, 0.3) is 17.2 Å². The van der Waals surface area contributed by atoms with E-state index in [0.717, 1.165) is 35.3 Å². The van der Waals surface area contributed by atoms with Gasteiger partial charge < -0.3 is 10.6 Å². The molecule has 0 aliphatic rings. The first kappa shape index (κ1) is 22.1. The van der Waals surface area contributed by atoms with E-state index in [2.05, 4.69) is 42.6 Å². The Morgan fingerprint density at radius 2 is 1.83 bits per heavy atom. The quantitative estimate of drug-likeness (QED) is 0.354. The van der Waals surface area contributed by atoms with Gasteiger partial charge in [0.15, 0.2) is 5.82 Å². The van der Waals surface area contributed by atoms with Crippen LogP contribution in [0.1, 0.15) is 35.0 Å². The number of anilines is 2. The van der Waals surface area contributed by atoms with E-state index in [4.69, 9.17) is 0 Å². The Kier molecular flexibility index (Phi) is 6.38. The molecule has 0 unspecified atom stereocenters. The van der Waals surface area contributed by atoms with Crippen LogP contribution in [0.3, 0.4) is 0 Å². The number of amides is 1. The van der Waals surface area contributed by atoms with E-state index in [1.54, 1.807) is 35.4 Å². The molecule has 174 valence electrons. The van der Waals surface area contributed by atoms with Gasteiger partial charge >= 0.3 is 0 Å². The maximum atomic E-state index is 12.7. The summed E-state index contributed by atoms with van der Waals surface area (Å²) in [4.78, 5) is 30.3. The van der Waals surface area contributed by atoms with Crippen LogP contribution in [0, 0.1) is 0 Å². The highest BCUT2D eigenvalue weighted by Crippen LogP contribution is 2.22. The number of benzene rings is 1. The number of nitrogens with zero attached hydrogens (tertiary/aromatic N) is 6. The number of aromatic nitrogens is 6. The first-order valence-electron chi connectivity index (χ1n) is 11.4. The highest BCUT2D eigenvalue weighted by molar-refractivity contribution is 5.95. The van der Waals surface area contributed by atoms with E-state index < -0.39 is 0 Å². The standard InChI is InChI=1S/C26H24N8O/c1-2-6-21-14-23(34-26(31-21)32-24(33-34)20-9-5-12-28-17-20)30-22-10-3-8-19(13-22)25(35)29-16-18-7-4-11-27-15-18/h3-5,7-15,17,30H,2,6,16H2,1H3,(H,29,35). The fourth-order valence-corrected chi connectivity index (χ4v) is 3.68. The molecule has 2 N–H and O–H groups in total. The van der Waals surface area contributed by atoms with E-state index in [9.17, 15) is 4.79 Å². The van der Waals surface area contributed by atoms with E-state index in [1.165, 1.54) is 0 Å². The molecule has 0 fully saturated rings. The third-order valence-electron chi connectivity index (χ3n) is 5.36. The summed E-state index contributed by atoms with van der Waals surface area (Å²) in [6.45, 7) is 2.52. The molecule has 0 spiro atoms. The number of carbonyl (C=O) groups is 1. The second-order valence-corrected chi connectivity index (χ2v) is 8.02. The van der Waals surface area contributed by atoms with Crippen molar-refractivity contribution < 1.29 is 4.79 Å². The minimum atomic E-state index is -0.163. The number of hydrogen-bond acceptors (Lipinski definition) is 7. The third-order valence-corrected chi connectivity index (χ3v) is 5.36. The zero-order valence-corrected chi connectivity index (χ0v) is 19.2.